The Labute approximate surface area is 86.5 Å². The van der Waals surface area contributed by atoms with E-state index < -0.39 is 6.23 Å². The molecule has 2 aromatic rings. The van der Waals surface area contributed by atoms with E-state index in [0.717, 1.165) is 11.0 Å². The van der Waals surface area contributed by atoms with Crippen LogP contribution in [0.5, 0.6) is 0 Å². The minimum atomic E-state index is -0.475. The summed E-state index contributed by atoms with van der Waals surface area (Å²) in [6.07, 6.45) is 1.69. The zero-order valence-corrected chi connectivity index (χ0v) is 8.09. The molecule has 0 aliphatic carbocycles. The summed E-state index contributed by atoms with van der Waals surface area (Å²) in [5, 5.41) is 0. The summed E-state index contributed by atoms with van der Waals surface area (Å²) < 4.78 is 7.19. The first-order valence-electron chi connectivity index (χ1n) is 4.92. The summed E-state index contributed by atoms with van der Waals surface area (Å²) in [5.74, 6) is 0.123. The van der Waals surface area contributed by atoms with Gasteiger partial charge >= 0.3 is 0 Å². The van der Waals surface area contributed by atoms with E-state index in [4.69, 9.17) is 4.74 Å². The molecule has 1 aromatic heterocycles. The predicted molar refractivity (Wildman–Crippen MR) is 54.3 cm³/mol. The number of imidazole rings is 1. The fourth-order valence-corrected chi connectivity index (χ4v) is 1.89. The Morgan fingerprint density at radius 2 is 2.27 bits per heavy atom. The zero-order valence-electron chi connectivity index (χ0n) is 8.09. The molecular weight excluding hydrogens is 192 g/mol. The number of Topliss-reactive ketones (excluding diaryl/α,β-unsaturated/α-hetero) is 1. The molecule has 0 radical (unpaired) electrons. The number of carbonyl (C=O) groups is 1. The number of aromatic nitrogens is 2. The average molecular weight is 202 g/mol. The molecule has 1 unspecified atom stereocenters. The third-order valence-electron chi connectivity index (χ3n) is 2.63. The van der Waals surface area contributed by atoms with E-state index in [0.29, 0.717) is 13.0 Å². The number of hydrogen-bond donors (Lipinski definition) is 0. The standard InChI is InChI=1S/C11H10N2O2/c14-10-5-6-15-11(10)13-7-12-8-3-1-2-4-9(8)13/h1-4,7,11H,5-6H2. The summed E-state index contributed by atoms with van der Waals surface area (Å²) >= 11 is 0. The quantitative estimate of drug-likeness (QED) is 0.704. The minimum absolute atomic E-state index is 0.123. The van der Waals surface area contributed by atoms with Gasteiger partial charge in [-0.2, -0.15) is 0 Å². The van der Waals surface area contributed by atoms with Crippen LogP contribution in [0, 0.1) is 0 Å². The van der Waals surface area contributed by atoms with Crippen LogP contribution >= 0.6 is 0 Å². The Morgan fingerprint density at radius 3 is 3.07 bits per heavy atom. The SMILES string of the molecule is O=C1CCOC1n1cnc2ccccc21. The van der Waals surface area contributed by atoms with Gasteiger partial charge < -0.3 is 4.74 Å². The van der Waals surface area contributed by atoms with Crippen LogP contribution in [0.15, 0.2) is 30.6 Å². The molecule has 1 saturated heterocycles. The number of carbonyl (C=O) groups excluding carboxylic acids is 1. The second-order valence-corrected chi connectivity index (χ2v) is 3.58. The van der Waals surface area contributed by atoms with Gasteiger partial charge in [-0.3, -0.25) is 9.36 Å². The molecule has 0 N–H and O–H groups in total. The lowest BCUT2D eigenvalue weighted by Gasteiger charge is -2.10. The number of ketones is 1. The molecule has 4 heteroatoms. The second kappa shape index (κ2) is 3.17. The van der Waals surface area contributed by atoms with Crippen LogP contribution in [0.1, 0.15) is 12.6 Å². The van der Waals surface area contributed by atoms with Crippen LogP contribution in [0.3, 0.4) is 0 Å². The number of hydrogen-bond acceptors (Lipinski definition) is 3. The van der Waals surface area contributed by atoms with Crippen molar-refractivity contribution in [3.8, 4) is 0 Å². The van der Waals surface area contributed by atoms with E-state index in [1.54, 1.807) is 10.9 Å². The Bertz CT molecular complexity index is 518. The molecule has 15 heavy (non-hydrogen) atoms. The molecule has 4 nitrogen and oxygen atoms in total. The van der Waals surface area contributed by atoms with Gasteiger partial charge in [0.1, 0.15) is 0 Å². The van der Waals surface area contributed by atoms with Gasteiger partial charge in [-0.25, -0.2) is 4.98 Å². The number of para-hydroxylation sites is 2. The highest BCUT2D eigenvalue weighted by Gasteiger charge is 2.27. The normalized spacial score (nSPS) is 21.3. The lowest BCUT2D eigenvalue weighted by molar-refractivity contribution is -0.125. The molecule has 76 valence electrons. The van der Waals surface area contributed by atoms with E-state index in [-0.39, 0.29) is 5.78 Å². The van der Waals surface area contributed by atoms with Crippen molar-refractivity contribution in [1.82, 2.24) is 9.55 Å². The van der Waals surface area contributed by atoms with Gasteiger partial charge in [-0.15, -0.1) is 0 Å². The van der Waals surface area contributed by atoms with Crippen molar-refractivity contribution in [2.45, 2.75) is 12.6 Å². The van der Waals surface area contributed by atoms with E-state index in [2.05, 4.69) is 4.98 Å². The smallest absolute Gasteiger partial charge is 0.194 e. The Balaban J connectivity index is 2.14. The van der Waals surface area contributed by atoms with Crippen molar-refractivity contribution < 1.29 is 9.53 Å². The Morgan fingerprint density at radius 1 is 1.40 bits per heavy atom. The Kier molecular flexibility index (Phi) is 1.82. The van der Waals surface area contributed by atoms with Gasteiger partial charge in [0.25, 0.3) is 0 Å². The highest BCUT2D eigenvalue weighted by molar-refractivity contribution is 5.85. The van der Waals surface area contributed by atoms with Crippen molar-refractivity contribution in [2.24, 2.45) is 0 Å². The van der Waals surface area contributed by atoms with Crippen LogP contribution in [0.2, 0.25) is 0 Å². The minimum Gasteiger partial charge on any atom is -0.350 e. The maximum absolute atomic E-state index is 11.5. The van der Waals surface area contributed by atoms with Crippen molar-refractivity contribution in [3.05, 3.63) is 30.6 Å². The van der Waals surface area contributed by atoms with Crippen molar-refractivity contribution in [1.29, 1.82) is 0 Å². The first-order chi connectivity index (χ1) is 7.36. The van der Waals surface area contributed by atoms with Gasteiger partial charge in [0, 0.05) is 6.42 Å². The van der Waals surface area contributed by atoms with Gasteiger partial charge in [0.2, 0.25) is 0 Å². The van der Waals surface area contributed by atoms with E-state index in [1.807, 2.05) is 24.3 Å². The molecule has 1 fully saturated rings. The maximum atomic E-state index is 11.5. The monoisotopic (exact) mass is 202 g/mol. The van der Waals surface area contributed by atoms with E-state index in [9.17, 15) is 4.79 Å². The first kappa shape index (κ1) is 8.61. The number of rotatable bonds is 1. The summed E-state index contributed by atoms with van der Waals surface area (Å²) in [4.78, 5) is 15.8. The van der Waals surface area contributed by atoms with Crippen LogP contribution < -0.4 is 0 Å². The van der Waals surface area contributed by atoms with Crippen LogP contribution in [0.25, 0.3) is 11.0 Å². The van der Waals surface area contributed by atoms with Crippen molar-refractivity contribution >= 4 is 16.8 Å². The first-order valence-corrected chi connectivity index (χ1v) is 4.92. The molecule has 0 saturated carbocycles. The third-order valence-corrected chi connectivity index (χ3v) is 2.63. The molecule has 0 bridgehead atoms. The van der Waals surface area contributed by atoms with E-state index in [1.165, 1.54) is 0 Å². The zero-order chi connectivity index (χ0) is 10.3. The van der Waals surface area contributed by atoms with Crippen molar-refractivity contribution in [3.63, 3.8) is 0 Å². The number of fused-ring (bicyclic) bond motifs is 1. The van der Waals surface area contributed by atoms with E-state index >= 15 is 0 Å². The number of nitrogens with zero attached hydrogens (tertiary/aromatic N) is 2. The predicted octanol–water partition coefficient (Wildman–Crippen LogP) is 1.52. The highest BCUT2D eigenvalue weighted by Crippen LogP contribution is 2.23. The largest absolute Gasteiger partial charge is 0.350 e. The molecular formula is C11H10N2O2. The number of ether oxygens (including phenoxy) is 1. The lowest BCUT2D eigenvalue weighted by Crippen LogP contribution is -2.13. The fourth-order valence-electron chi connectivity index (χ4n) is 1.89. The van der Waals surface area contributed by atoms with Gasteiger partial charge in [0.05, 0.1) is 24.0 Å². The third kappa shape index (κ3) is 1.26. The van der Waals surface area contributed by atoms with Crippen LogP contribution in [0.4, 0.5) is 0 Å². The van der Waals surface area contributed by atoms with Crippen LogP contribution in [-0.2, 0) is 9.53 Å². The lowest BCUT2D eigenvalue weighted by atomic mass is 10.3. The van der Waals surface area contributed by atoms with Gasteiger partial charge in [-0.05, 0) is 12.1 Å². The second-order valence-electron chi connectivity index (χ2n) is 3.58. The average Bonchev–Trinajstić information content (AvgIpc) is 2.83. The summed E-state index contributed by atoms with van der Waals surface area (Å²) in [5.41, 5.74) is 1.83. The molecule has 0 spiro atoms. The highest BCUT2D eigenvalue weighted by atomic mass is 16.5. The molecule has 0 amide bonds. The molecule has 1 aromatic carbocycles. The fraction of sp³-hybridized carbons (Fsp3) is 0.273. The number of benzene rings is 1. The molecule has 1 atom stereocenters. The molecule has 1 aliphatic heterocycles. The van der Waals surface area contributed by atoms with Gasteiger partial charge in [-0.1, -0.05) is 12.1 Å². The van der Waals surface area contributed by atoms with Gasteiger partial charge in [0.15, 0.2) is 12.0 Å². The topological polar surface area (TPSA) is 44.1 Å². The maximum Gasteiger partial charge on any atom is 0.194 e. The summed E-state index contributed by atoms with van der Waals surface area (Å²) in [7, 11) is 0. The summed E-state index contributed by atoms with van der Waals surface area (Å²) in [6, 6.07) is 7.72. The molecule has 1 aliphatic rings. The molecule has 2 heterocycles. The summed E-state index contributed by atoms with van der Waals surface area (Å²) in [6.45, 7) is 0.510. The van der Waals surface area contributed by atoms with Crippen molar-refractivity contribution in [2.75, 3.05) is 6.61 Å². The molecule has 3 rings (SSSR count). The Hall–Kier alpha value is -1.68. The van der Waals surface area contributed by atoms with Crippen LogP contribution in [-0.4, -0.2) is 21.9 Å².